The van der Waals surface area contributed by atoms with Crippen LogP contribution in [-0.4, -0.2) is 19.6 Å². The molecule has 2 aromatic carbocycles. The molecule has 110 valence electrons. The predicted octanol–water partition coefficient (Wildman–Crippen LogP) is 3.71. The van der Waals surface area contributed by atoms with Gasteiger partial charge in [0, 0.05) is 9.26 Å². The van der Waals surface area contributed by atoms with E-state index in [1.54, 1.807) is 7.11 Å². The topological polar surface area (TPSA) is 47.6 Å². The van der Waals surface area contributed by atoms with Gasteiger partial charge in [-0.25, -0.2) is 0 Å². The molecule has 0 saturated carbocycles. The van der Waals surface area contributed by atoms with Crippen LogP contribution in [0.3, 0.4) is 0 Å². The van der Waals surface area contributed by atoms with E-state index in [9.17, 15) is 4.79 Å². The maximum Gasteiger partial charge on any atom is 0.227 e. The Labute approximate surface area is 137 Å². The lowest BCUT2D eigenvalue weighted by Crippen LogP contribution is -2.15. The average molecular weight is 397 g/mol. The first-order valence-electron chi connectivity index (χ1n) is 6.49. The molecule has 2 aromatic rings. The number of hydrogen-bond donors (Lipinski definition) is 1. The number of rotatable bonds is 6. The minimum atomic E-state index is -0.0643. The molecule has 0 aliphatic rings. The largest absolute Gasteiger partial charge is 0.497 e. The van der Waals surface area contributed by atoms with Crippen molar-refractivity contribution in [3.8, 4) is 11.5 Å². The summed E-state index contributed by atoms with van der Waals surface area (Å²) in [6.45, 7) is 0.335. The fourth-order valence-corrected chi connectivity index (χ4v) is 2.27. The van der Waals surface area contributed by atoms with Crippen LogP contribution in [0.4, 0.5) is 5.69 Å². The van der Waals surface area contributed by atoms with Crippen molar-refractivity contribution in [2.45, 2.75) is 6.42 Å². The number of benzene rings is 2. The first-order valence-corrected chi connectivity index (χ1v) is 7.57. The molecule has 1 amide bonds. The molecule has 5 heteroatoms. The van der Waals surface area contributed by atoms with Crippen molar-refractivity contribution in [3.63, 3.8) is 0 Å². The Morgan fingerprint density at radius 2 is 1.86 bits per heavy atom. The summed E-state index contributed by atoms with van der Waals surface area (Å²) in [5.74, 6) is 1.43. The highest BCUT2D eigenvalue weighted by atomic mass is 127. The standard InChI is InChI=1S/C16H16INO3/c1-20-14-5-7-15(8-6-14)21-10-9-16(19)18-13-4-2-3-12(17)11-13/h2-8,11H,9-10H2,1H3,(H,18,19). The second kappa shape index (κ2) is 7.87. The summed E-state index contributed by atoms with van der Waals surface area (Å²) in [5.41, 5.74) is 0.802. The smallest absolute Gasteiger partial charge is 0.227 e. The van der Waals surface area contributed by atoms with Crippen LogP contribution in [0.2, 0.25) is 0 Å². The molecule has 0 spiro atoms. The molecule has 0 aliphatic heterocycles. The van der Waals surface area contributed by atoms with Gasteiger partial charge in [-0.2, -0.15) is 0 Å². The Bertz CT molecular complexity index is 599. The summed E-state index contributed by atoms with van der Waals surface area (Å²) in [4.78, 5) is 11.8. The Morgan fingerprint density at radius 3 is 2.52 bits per heavy atom. The van der Waals surface area contributed by atoms with E-state index < -0.39 is 0 Å². The predicted molar refractivity (Wildman–Crippen MR) is 90.9 cm³/mol. The van der Waals surface area contributed by atoms with Crippen molar-refractivity contribution < 1.29 is 14.3 Å². The summed E-state index contributed by atoms with van der Waals surface area (Å²) in [7, 11) is 1.62. The number of halogens is 1. The van der Waals surface area contributed by atoms with E-state index in [0.717, 1.165) is 20.8 Å². The quantitative estimate of drug-likeness (QED) is 0.757. The Hall–Kier alpha value is -1.76. The van der Waals surface area contributed by atoms with Gasteiger partial charge in [-0.3, -0.25) is 4.79 Å². The summed E-state index contributed by atoms with van der Waals surface area (Å²) >= 11 is 2.21. The van der Waals surface area contributed by atoms with E-state index in [1.165, 1.54) is 0 Å². The minimum absolute atomic E-state index is 0.0643. The van der Waals surface area contributed by atoms with Gasteiger partial charge in [0.1, 0.15) is 11.5 Å². The van der Waals surface area contributed by atoms with Crippen LogP contribution >= 0.6 is 22.6 Å². The number of methoxy groups -OCH3 is 1. The lowest BCUT2D eigenvalue weighted by atomic mass is 10.3. The molecule has 0 unspecified atom stereocenters. The summed E-state index contributed by atoms with van der Waals surface area (Å²) < 4.78 is 11.7. The monoisotopic (exact) mass is 397 g/mol. The first kappa shape index (κ1) is 15.6. The lowest BCUT2D eigenvalue weighted by Gasteiger charge is -2.08. The molecule has 2 rings (SSSR count). The molecule has 4 nitrogen and oxygen atoms in total. The van der Waals surface area contributed by atoms with E-state index in [0.29, 0.717) is 13.0 Å². The van der Waals surface area contributed by atoms with Gasteiger partial charge < -0.3 is 14.8 Å². The van der Waals surface area contributed by atoms with Crippen LogP contribution in [-0.2, 0) is 4.79 Å². The van der Waals surface area contributed by atoms with Gasteiger partial charge >= 0.3 is 0 Å². The molecule has 1 N–H and O–H groups in total. The van der Waals surface area contributed by atoms with Gasteiger partial charge in [-0.05, 0) is 65.1 Å². The number of nitrogens with one attached hydrogen (secondary N) is 1. The van der Waals surface area contributed by atoms with E-state index in [1.807, 2.05) is 48.5 Å². The zero-order valence-corrected chi connectivity index (χ0v) is 13.8. The van der Waals surface area contributed by atoms with Crippen molar-refractivity contribution in [3.05, 3.63) is 52.1 Å². The third-order valence-corrected chi connectivity index (χ3v) is 3.44. The lowest BCUT2D eigenvalue weighted by molar-refractivity contribution is -0.116. The molecule has 0 bridgehead atoms. The maximum absolute atomic E-state index is 11.8. The zero-order valence-electron chi connectivity index (χ0n) is 11.6. The van der Waals surface area contributed by atoms with Crippen molar-refractivity contribution in [2.75, 3.05) is 19.0 Å². The van der Waals surface area contributed by atoms with Crippen LogP contribution < -0.4 is 14.8 Å². The van der Waals surface area contributed by atoms with Crippen molar-refractivity contribution in [2.24, 2.45) is 0 Å². The summed E-state index contributed by atoms with van der Waals surface area (Å²) in [5, 5.41) is 2.84. The fraction of sp³-hybridized carbons (Fsp3) is 0.188. The number of ether oxygens (including phenoxy) is 2. The van der Waals surface area contributed by atoms with Gasteiger partial charge in [-0.1, -0.05) is 6.07 Å². The van der Waals surface area contributed by atoms with Crippen molar-refractivity contribution >= 4 is 34.2 Å². The van der Waals surface area contributed by atoms with Crippen LogP contribution in [0.15, 0.2) is 48.5 Å². The zero-order chi connectivity index (χ0) is 15.1. The normalized spacial score (nSPS) is 10.0. The number of amides is 1. The van der Waals surface area contributed by atoms with E-state index >= 15 is 0 Å². The van der Waals surface area contributed by atoms with Gasteiger partial charge in [0.2, 0.25) is 5.91 Å². The molecular weight excluding hydrogens is 381 g/mol. The van der Waals surface area contributed by atoms with Crippen molar-refractivity contribution in [1.29, 1.82) is 0 Å². The molecule has 0 aliphatic carbocycles. The van der Waals surface area contributed by atoms with Crippen LogP contribution in [0, 0.1) is 3.57 Å². The van der Waals surface area contributed by atoms with Gasteiger partial charge in [0.05, 0.1) is 20.1 Å². The maximum atomic E-state index is 11.8. The molecule has 0 fully saturated rings. The van der Waals surface area contributed by atoms with E-state index in [2.05, 4.69) is 27.9 Å². The molecular formula is C16H16INO3. The molecule has 0 heterocycles. The Morgan fingerprint density at radius 1 is 1.14 bits per heavy atom. The average Bonchev–Trinajstić information content (AvgIpc) is 2.48. The minimum Gasteiger partial charge on any atom is -0.497 e. The Kier molecular flexibility index (Phi) is 5.86. The van der Waals surface area contributed by atoms with E-state index in [4.69, 9.17) is 9.47 Å². The molecule has 0 saturated heterocycles. The number of anilines is 1. The van der Waals surface area contributed by atoms with Gasteiger partial charge in [-0.15, -0.1) is 0 Å². The van der Waals surface area contributed by atoms with Gasteiger partial charge in [0.25, 0.3) is 0 Å². The number of carbonyl (C=O) groups is 1. The van der Waals surface area contributed by atoms with Crippen molar-refractivity contribution in [1.82, 2.24) is 0 Å². The molecule has 0 radical (unpaired) electrons. The first-order chi connectivity index (χ1) is 10.2. The van der Waals surface area contributed by atoms with E-state index in [-0.39, 0.29) is 5.91 Å². The molecule has 21 heavy (non-hydrogen) atoms. The van der Waals surface area contributed by atoms with Crippen LogP contribution in [0.1, 0.15) is 6.42 Å². The third-order valence-electron chi connectivity index (χ3n) is 2.77. The highest BCUT2D eigenvalue weighted by molar-refractivity contribution is 14.1. The van der Waals surface area contributed by atoms with Crippen LogP contribution in [0.25, 0.3) is 0 Å². The SMILES string of the molecule is COc1ccc(OCCC(=O)Nc2cccc(I)c2)cc1. The second-order valence-corrected chi connectivity index (χ2v) is 5.58. The summed E-state index contributed by atoms with van der Waals surface area (Å²) in [6.07, 6.45) is 0.303. The second-order valence-electron chi connectivity index (χ2n) is 4.33. The summed E-state index contributed by atoms with van der Waals surface area (Å²) in [6, 6.07) is 14.9. The highest BCUT2D eigenvalue weighted by Crippen LogP contribution is 2.17. The fourth-order valence-electron chi connectivity index (χ4n) is 1.72. The van der Waals surface area contributed by atoms with Gasteiger partial charge in [0.15, 0.2) is 0 Å². The molecule has 0 aromatic heterocycles. The third kappa shape index (κ3) is 5.26. The Balaban J connectivity index is 1.76. The number of carbonyl (C=O) groups excluding carboxylic acids is 1. The molecule has 0 atom stereocenters. The highest BCUT2D eigenvalue weighted by Gasteiger charge is 2.03. The van der Waals surface area contributed by atoms with Crippen LogP contribution in [0.5, 0.6) is 11.5 Å². The number of hydrogen-bond acceptors (Lipinski definition) is 3.